The molecule has 0 aliphatic carbocycles. The van der Waals surface area contributed by atoms with E-state index in [1.165, 1.54) is 10.1 Å². The number of rotatable bonds is 3. The lowest BCUT2D eigenvalue weighted by atomic mass is 10.2. The highest BCUT2D eigenvalue weighted by atomic mass is 32.1. The van der Waals surface area contributed by atoms with Crippen molar-refractivity contribution in [2.24, 2.45) is 0 Å². The molecule has 1 unspecified atom stereocenters. The number of thiophene rings is 1. The van der Waals surface area contributed by atoms with Crippen LogP contribution in [0.4, 0.5) is 5.69 Å². The van der Waals surface area contributed by atoms with Crippen LogP contribution >= 0.6 is 11.3 Å². The van der Waals surface area contributed by atoms with Crippen molar-refractivity contribution in [3.8, 4) is 0 Å². The quantitative estimate of drug-likeness (QED) is 0.716. The van der Waals surface area contributed by atoms with E-state index in [2.05, 4.69) is 41.9 Å². The number of nitrogens with one attached hydrogen (secondary N) is 1. The van der Waals surface area contributed by atoms with Crippen LogP contribution in [0.1, 0.15) is 24.5 Å². The third kappa shape index (κ3) is 2.14. The SMILES string of the molecule is Cc1ccc(C(C)Nc2ccc3sccc3c2)o1. The molecule has 18 heavy (non-hydrogen) atoms. The van der Waals surface area contributed by atoms with Crippen LogP contribution < -0.4 is 5.32 Å². The first kappa shape index (κ1) is 11.4. The van der Waals surface area contributed by atoms with E-state index in [1.54, 1.807) is 11.3 Å². The fourth-order valence-electron chi connectivity index (χ4n) is 2.06. The first-order chi connectivity index (χ1) is 8.72. The van der Waals surface area contributed by atoms with Gasteiger partial charge in [0.05, 0.1) is 6.04 Å². The minimum Gasteiger partial charge on any atom is -0.464 e. The maximum atomic E-state index is 5.63. The summed E-state index contributed by atoms with van der Waals surface area (Å²) in [5, 5.41) is 6.87. The Labute approximate surface area is 110 Å². The maximum Gasteiger partial charge on any atom is 0.126 e. The van der Waals surface area contributed by atoms with Gasteiger partial charge in [0.1, 0.15) is 11.5 Å². The van der Waals surface area contributed by atoms with Crippen LogP contribution in [0.3, 0.4) is 0 Å². The Kier molecular flexibility index (Phi) is 2.84. The van der Waals surface area contributed by atoms with Crippen LogP contribution in [0.2, 0.25) is 0 Å². The number of anilines is 1. The third-order valence-electron chi connectivity index (χ3n) is 3.02. The van der Waals surface area contributed by atoms with E-state index in [-0.39, 0.29) is 6.04 Å². The number of furan rings is 1. The molecule has 0 fully saturated rings. The van der Waals surface area contributed by atoms with Gasteiger partial charge in [0.2, 0.25) is 0 Å². The van der Waals surface area contributed by atoms with Gasteiger partial charge >= 0.3 is 0 Å². The lowest BCUT2D eigenvalue weighted by molar-refractivity contribution is 0.467. The average Bonchev–Trinajstić information content (AvgIpc) is 2.96. The van der Waals surface area contributed by atoms with E-state index in [0.29, 0.717) is 0 Å². The first-order valence-corrected chi connectivity index (χ1v) is 6.90. The zero-order valence-corrected chi connectivity index (χ0v) is 11.3. The van der Waals surface area contributed by atoms with Gasteiger partial charge in [0, 0.05) is 10.4 Å². The molecule has 0 bridgehead atoms. The van der Waals surface area contributed by atoms with E-state index >= 15 is 0 Å². The van der Waals surface area contributed by atoms with Gasteiger partial charge in [0.15, 0.2) is 0 Å². The Hall–Kier alpha value is -1.74. The van der Waals surface area contributed by atoms with Crippen molar-refractivity contribution in [3.63, 3.8) is 0 Å². The summed E-state index contributed by atoms with van der Waals surface area (Å²) in [6.45, 7) is 4.07. The Morgan fingerprint density at radius 2 is 2.06 bits per heavy atom. The topological polar surface area (TPSA) is 25.2 Å². The average molecular weight is 257 g/mol. The molecule has 2 nitrogen and oxygen atoms in total. The largest absolute Gasteiger partial charge is 0.464 e. The Bertz CT molecular complexity index is 668. The Morgan fingerprint density at radius 1 is 1.17 bits per heavy atom. The van der Waals surface area contributed by atoms with Crippen LogP contribution in [0, 0.1) is 6.92 Å². The van der Waals surface area contributed by atoms with Crippen molar-refractivity contribution >= 4 is 27.1 Å². The molecule has 92 valence electrons. The fraction of sp³-hybridized carbons (Fsp3) is 0.200. The minimum absolute atomic E-state index is 0.176. The molecule has 0 saturated heterocycles. The van der Waals surface area contributed by atoms with Crippen molar-refractivity contribution in [2.45, 2.75) is 19.9 Å². The van der Waals surface area contributed by atoms with E-state index in [4.69, 9.17) is 4.42 Å². The monoisotopic (exact) mass is 257 g/mol. The molecule has 0 saturated carbocycles. The van der Waals surface area contributed by atoms with Crippen LogP contribution in [0.25, 0.3) is 10.1 Å². The van der Waals surface area contributed by atoms with E-state index < -0.39 is 0 Å². The molecule has 2 heterocycles. The van der Waals surface area contributed by atoms with Crippen LogP contribution in [-0.4, -0.2) is 0 Å². The second-order valence-electron chi connectivity index (χ2n) is 4.49. The van der Waals surface area contributed by atoms with Gasteiger partial charge < -0.3 is 9.73 Å². The molecule has 0 amide bonds. The molecule has 1 N–H and O–H groups in total. The molecule has 1 aromatic carbocycles. The van der Waals surface area contributed by atoms with Crippen molar-refractivity contribution < 1.29 is 4.42 Å². The van der Waals surface area contributed by atoms with Gasteiger partial charge in [-0.15, -0.1) is 11.3 Å². The molecular formula is C15H15NOS. The number of benzene rings is 1. The molecule has 3 rings (SSSR count). The van der Waals surface area contributed by atoms with Gasteiger partial charge in [-0.1, -0.05) is 0 Å². The molecule has 3 heteroatoms. The first-order valence-electron chi connectivity index (χ1n) is 6.02. The molecular weight excluding hydrogens is 242 g/mol. The summed E-state index contributed by atoms with van der Waals surface area (Å²) in [7, 11) is 0. The van der Waals surface area contributed by atoms with E-state index in [0.717, 1.165) is 17.2 Å². The number of fused-ring (bicyclic) bond motifs is 1. The van der Waals surface area contributed by atoms with E-state index in [9.17, 15) is 0 Å². The van der Waals surface area contributed by atoms with Crippen molar-refractivity contribution in [1.82, 2.24) is 0 Å². The lowest BCUT2D eigenvalue weighted by Crippen LogP contribution is -2.05. The maximum absolute atomic E-state index is 5.63. The summed E-state index contributed by atoms with van der Waals surface area (Å²) in [4.78, 5) is 0. The van der Waals surface area contributed by atoms with Crippen molar-refractivity contribution in [1.29, 1.82) is 0 Å². The highest BCUT2D eigenvalue weighted by molar-refractivity contribution is 7.17. The summed E-state index contributed by atoms with van der Waals surface area (Å²) >= 11 is 1.77. The van der Waals surface area contributed by atoms with Gasteiger partial charge in [-0.3, -0.25) is 0 Å². The van der Waals surface area contributed by atoms with Crippen molar-refractivity contribution in [2.75, 3.05) is 5.32 Å². The summed E-state index contributed by atoms with van der Waals surface area (Å²) < 4.78 is 6.95. The summed E-state index contributed by atoms with van der Waals surface area (Å²) in [6, 6.07) is 12.8. The zero-order valence-electron chi connectivity index (χ0n) is 10.4. The second kappa shape index (κ2) is 4.50. The fourth-order valence-corrected chi connectivity index (χ4v) is 2.83. The Balaban J connectivity index is 1.83. The second-order valence-corrected chi connectivity index (χ2v) is 5.44. The molecule has 2 aromatic heterocycles. The van der Waals surface area contributed by atoms with Gasteiger partial charge in [0.25, 0.3) is 0 Å². The van der Waals surface area contributed by atoms with Crippen LogP contribution in [-0.2, 0) is 0 Å². The van der Waals surface area contributed by atoms with E-state index in [1.807, 2.05) is 19.1 Å². The normalized spacial score (nSPS) is 12.8. The number of hydrogen-bond donors (Lipinski definition) is 1. The molecule has 3 aromatic rings. The Morgan fingerprint density at radius 3 is 2.83 bits per heavy atom. The molecule has 0 spiro atoms. The highest BCUT2D eigenvalue weighted by Crippen LogP contribution is 2.26. The highest BCUT2D eigenvalue weighted by Gasteiger charge is 2.09. The summed E-state index contributed by atoms with van der Waals surface area (Å²) in [6.07, 6.45) is 0. The van der Waals surface area contributed by atoms with Gasteiger partial charge in [-0.2, -0.15) is 0 Å². The molecule has 0 aliphatic heterocycles. The number of hydrogen-bond acceptors (Lipinski definition) is 3. The smallest absolute Gasteiger partial charge is 0.126 e. The van der Waals surface area contributed by atoms with Crippen LogP contribution in [0.15, 0.2) is 46.2 Å². The van der Waals surface area contributed by atoms with Gasteiger partial charge in [-0.25, -0.2) is 0 Å². The minimum atomic E-state index is 0.176. The molecule has 1 atom stereocenters. The third-order valence-corrected chi connectivity index (χ3v) is 3.92. The van der Waals surface area contributed by atoms with Crippen molar-refractivity contribution in [3.05, 3.63) is 53.3 Å². The predicted molar refractivity (Wildman–Crippen MR) is 77.3 cm³/mol. The van der Waals surface area contributed by atoms with Gasteiger partial charge in [-0.05, 0) is 61.0 Å². The number of aryl methyl sites for hydroxylation is 1. The summed E-state index contributed by atoms with van der Waals surface area (Å²) in [5.41, 5.74) is 1.13. The summed E-state index contributed by atoms with van der Waals surface area (Å²) in [5.74, 6) is 1.92. The molecule has 0 radical (unpaired) electrons. The lowest BCUT2D eigenvalue weighted by Gasteiger charge is -2.13. The van der Waals surface area contributed by atoms with Crippen LogP contribution in [0.5, 0.6) is 0 Å². The predicted octanol–water partition coefficient (Wildman–Crippen LogP) is 4.98. The standard InChI is InChI=1S/C15H15NOS/c1-10-3-5-14(17-10)11(2)16-13-4-6-15-12(9-13)7-8-18-15/h3-9,11,16H,1-2H3. The molecule has 0 aliphatic rings. The zero-order chi connectivity index (χ0) is 12.5.